The van der Waals surface area contributed by atoms with Gasteiger partial charge in [-0.2, -0.15) is 4.98 Å². The number of benzene rings is 2. The summed E-state index contributed by atoms with van der Waals surface area (Å²) in [5.41, 5.74) is 1.68. The molecule has 0 N–H and O–H groups in total. The molecule has 0 aliphatic carbocycles. The average Bonchev–Trinajstić information content (AvgIpc) is 3.04. The van der Waals surface area contributed by atoms with Gasteiger partial charge in [0, 0.05) is 18.7 Å². The van der Waals surface area contributed by atoms with E-state index in [-0.39, 0.29) is 15.8 Å². The van der Waals surface area contributed by atoms with Crippen LogP contribution < -0.4 is 9.64 Å². The van der Waals surface area contributed by atoms with Crippen LogP contribution in [0, 0.1) is 6.92 Å². The van der Waals surface area contributed by atoms with Gasteiger partial charge in [-0.3, -0.25) is 0 Å². The fourth-order valence-corrected chi connectivity index (χ4v) is 4.98. The van der Waals surface area contributed by atoms with Crippen molar-refractivity contribution in [3.8, 4) is 17.2 Å². The lowest BCUT2D eigenvalue weighted by atomic mass is 10.2. The van der Waals surface area contributed by atoms with Crippen molar-refractivity contribution >= 4 is 15.7 Å². The lowest BCUT2D eigenvalue weighted by Crippen LogP contribution is -2.25. The van der Waals surface area contributed by atoms with Gasteiger partial charge >= 0.3 is 0 Å². The van der Waals surface area contributed by atoms with Crippen molar-refractivity contribution in [1.29, 1.82) is 0 Å². The first-order valence-corrected chi connectivity index (χ1v) is 11.7. The van der Waals surface area contributed by atoms with Crippen LogP contribution in [0.1, 0.15) is 31.2 Å². The number of nitrogens with zero attached hydrogens (tertiary/aromatic N) is 2. The Hall–Kier alpha value is -2.80. The molecule has 1 aliphatic rings. The molecule has 0 spiro atoms. The predicted octanol–water partition coefficient (Wildman–Crippen LogP) is 4.87. The number of hydrogen-bond donors (Lipinski definition) is 0. The lowest BCUT2D eigenvalue weighted by molar-refractivity contribution is 0.414. The van der Waals surface area contributed by atoms with E-state index in [0.29, 0.717) is 17.2 Å². The van der Waals surface area contributed by atoms with E-state index < -0.39 is 9.84 Å². The van der Waals surface area contributed by atoms with Gasteiger partial charge in [0.15, 0.2) is 0 Å². The molecule has 1 aromatic heterocycles. The van der Waals surface area contributed by atoms with Gasteiger partial charge in [-0.1, -0.05) is 36.6 Å². The van der Waals surface area contributed by atoms with Crippen molar-refractivity contribution in [2.75, 3.05) is 25.1 Å². The Kier molecular flexibility index (Phi) is 5.81. The van der Waals surface area contributed by atoms with E-state index >= 15 is 0 Å². The molecule has 2 heterocycles. The van der Waals surface area contributed by atoms with E-state index in [1.807, 2.05) is 30.0 Å². The third-order valence-electron chi connectivity index (χ3n) is 5.38. The lowest BCUT2D eigenvalue weighted by Gasteiger charge is -2.20. The fraction of sp³-hybridized carbons (Fsp3) is 0.348. The molecule has 2 aromatic carbocycles. The van der Waals surface area contributed by atoms with Gasteiger partial charge in [0.25, 0.3) is 0 Å². The Balaban J connectivity index is 1.84. The van der Waals surface area contributed by atoms with Crippen LogP contribution in [0.3, 0.4) is 0 Å². The van der Waals surface area contributed by atoms with Crippen LogP contribution in [0.5, 0.6) is 5.75 Å². The summed E-state index contributed by atoms with van der Waals surface area (Å²) in [5, 5.41) is -0.0222. The zero-order valence-electron chi connectivity index (χ0n) is 17.3. The third kappa shape index (κ3) is 4.07. The highest BCUT2D eigenvalue weighted by molar-refractivity contribution is 7.91. The van der Waals surface area contributed by atoms with E-state index in [0.717, 1.165) is 44.3 Å². The molecule has 7 heteroatoms. The summed E-state index contributed by atoms with van der Waals surface area (Å²) >= 11 is 0. The molecule has 6 nitrogen and oxygen atoms in total. The number of rotatable bonds is 5. The van der Waals surface area contributed by atoms with Gasteiger partial charge in [0.2, 0.25) is 26.6 Å². The van der Waals surface area contributed by atoms with E-state index in [4.69, 9.17) is 9.15 Å². The minimum Gasteiger partial charge on any atom is -0.497 e. The molecule has 1 aliphatic heterocycles. The highest BCUT2D eigenvalue weighted by atomic mass is 32.2. The molecule has 0 atom stereocenters. The van der Waals surface area contributed by atoms with Crippen molar-refractivity contribution in [3.05, 3.63) is 54.1 Å². The van der Waals surface area contributed by atoms with Crippen LogP contribution in [0.2, 0.25) is 0 Å². The van der Waals surface area contributed by atoms with Crippen molar-refractivity contribution in [1.82, 2.24) is 4.98 Å². The van der Waals surface area contributed by atoms with E-state index in [2.05, 4.69) is 4.98 Å². The molecule has 0 saturated carbocycles. The van der Waals surface area contributed by atoms with Crippen molar-refractivity contribution < 1.29 is 17.6 Å². The van der Waals surface area contributed by atoms with Gasteiger partial charge in [-0.05, 0) is 50.1 Å². The zero-order chi connectivity index (χ0) is 21.1. The van der Waals surface area contributed by atoms with Crippen LogP contribution in [0.15, 0.2) is 62.9 Å². The van der Waals surface area contributed by atoms with Gasteiger partial charge in [0.05, 0.1) is 12.0 Å². The van der Waals surface area contributed by atoms with E-state index in [9.17, 15) is 8.42 Å². The van der Waals surface area contributed by atoms with Gasteiger partial charge < -0.3 is 14.1 Å². The number of sulfone groups is 1. The molecule has 30 heavy (non-hydrogen) atoms. The maximum absolute atomic E-state index is 13.5. The Morgan fingerprint density at radius 3 is 2.37 bits per heavy atom. The molecular formula is C23H26N2O4S. The molecule has 3 aromatic rings. The summed E-state index contributed by atoms with van der Waals surface area (Å²) in [6.45, 7) is 3.43. The summed E-state index contributed by atoms with van der Waals surface area (Å²) < 4.78 is 38.4. The second-order valence-electron chi connectivity index (χ2n) is 7.58. The zero-order valence-corrected chi connectivity index (χ0v) is 18.1. The number of aryl methyl sites for hydroxylation is 1. The van der Waals surface area contributed by atoms with Crippen molar-refractivity contribution in [3.63, 3.8) is 0 Å². The maximum atomic E-state index is 13.5. The number of aromatic nitrogens is 1. The molecule has 1 fully saturated rings. The Bertz CT molecular complexity index is 1110. The van der Waals surface area contributed by atoms with Gasteiger partial charge in [-0.15, -0.1) is 0 Å². The summed E-state index contributed by atoms with van der Waals surface area (Å²) in [4.78, 5) is 6.72. The molecular weight excluding hydrogens is 400 g/mol. The van der Waals surface area contributed by atoms with Crippen LogP contribution in [-0.4, -0.2) is 33.6 Å². The molecule has 1 saturated heterocycles. The third-order valence-corrected chi connectivity index (χ3v) is 7.04. The highest BCUT2D eigenvalue weighted by Gasteiger charge is 2.31. The highest BCUT2D eigenvalue weighted by Crippen LogP contribution is 2.36. The summed E-state index contributed by atoms with van der Waals surface area (Å²) in [7, 11) is -2.24. The molecule has 4 rings (SSSR count). The topological polar surface area (TPSA) is 72.6 Å². The van der Waals surface area contributed by atoms with Gasteiger partial charge in [0.1, 0.15) is 5.75 Å². The average molecular weight is 427 g/mol. The SMILES string of the molecule is COc1cccc(-c2nc(S(=O)(=O)c3ccc(C)cc3)c(N3CCCCCC3)o2)c1. The normalized spacial score (nSPS) is 15.1. The molecule has 0 bridgehead atoms. The number of hydrogen-bond acceptors (Lipinski definition) is 6. The number of methoxy groups -OCH3 is 1. The van der Waals surface area contributed by atoms with Crippen LogP contribution in [0.25, 0.3) is 11.5 Å². The number of ether oxygens (including phenoxy) is 1. The monoisotopic (exact) mass is 426 g/mol. The fourth-order valence-electron chi connectivity index (χ4n) is 3.66. The smallest absolute Gasteiger partial charge is 0.236 e. The second-order valence-corrected chi connectivity index (χ2v) is 9.44. The van der Waals surface area contributed by atoms with Crippen LogP contribution in [0.4, 0.5) is 5.88 Å². The second kappa shape index (κ2) is 8.52. The predicted molar refractivity (Wildman–Crippen MR) is 116 cm³/mol. The minimum absolute atomic E-state index is 0.0222. The van der Waals surface area contributed by atoms with Crippen LogP contribution in [-0.2, 0) is 9.84 Å². The summed E-state index contributed by atoms with van der Waals surface area (Å²) in [6, 6.07) is 14.1. The summed E-state index contributed by atoms with van der Waals surface area (Å²) in [6.07, 6.45) is 4.26. The van der Waals surface area contributed by atoms with Crippen molar-refractivity contribution in [2.45, 2.75) is 42.5 Å². The van der Waals surface area contributed by atoms with Crippen LogP contribution >= 0.6 is 0 Å². The minimum atomic E-state index is -3.83. The molecule has 0 radical (unpaired) electrons. The first-order chi connectivity index (χ1) is 14.5. The molecule has 158 valence electrons. The van der Waals surface area contributed by atoms with E-state index in [1.54, 1.807) is 37.4 Å². The first kappa shape index (κ1) is 20.5. The van der Waals surface area contributed by atoms with Crippen molar-refractivity contribution in [2.24, 2.45) is 0 Å². The quantitative estimate of drug-likeness (QED) is 0.579. The van der Waals surface area contributed by atoms with Gasteiger partial charge in [-0.25, -0.2) is 8.42 Å². The number of oxazole rings is 1. The maximum Gasteiger partial charge on any atom is 0.236 e. The first-order valence-electron chi connectivity index (χ1n) is 10.2. The Morgan fingerprint density at radius 1 is 1.00 bits per heavy atom. The Morgan fingerprint density at radius 2 is 1.70 bits per heavy atom. The molecule has 0 amide bonds. The number of anilines is 1. The molecule has 0 unspecified atom stereocenters. The van der Waals surface area contributed by atoms with E-state index in [1.165, 1.54) is 0 Å². The Labute approximate surface area is 177 Å². The largest absolute Gasteiger partial charge is 0.497 e. The standard InChI is InChI=1S/C23H26N2O4S/c1-17-10-12-20(13-11-17)30(26,27)22-23(25-14-5-3-4-6-15-25)29-21(24-22)18-8-7-9-19(16-18)28-2/h7-13,16H,3-6,14-15H2,1-2H3. The summed E-state index contributed by atoms with van der Waals surface area (Å²) in [5.74, 6) is 1.26.